The molecule has 0 spiro atoms. The van der Waals surface area contributed by atoms with E-state index in [1.54, 1.807) is 25.2 Å². The molecular weight excluding hydrogens is 251 g/mol. The van der Waals surface area contributed by atoms with E-state index in [1.807, 2.05) is 0 Å². The van der Waals surface area contributed by atoms with E-state index in [9.17, 15) is 4.79 Å². The van der Waals surface area contributed by atoms with Gasteiger partial charge in [0.05, 0.1) is 10.0 Å². The summed E-state index contributed by atoms with van der Waals surface area (Å²) in [4.78, 5) is 11.2. The molecule has 4 nitrogen and oxygen atoms in total. The van der Waals surface area contributed by atoms with Crippen LogP contribution in [0, 0.1) is 0 Å². The summed E-state index contributed by atoms with van der Waals surface area (Å²) in [7, 11) is 1.78. The topological polar surface area (TPSA) is 50.4 Å². The number of hydrogen-bond acceptors (Lipinski definition) is 3. The molecule has 1 aromatic rings. The van der Waals surface area contributed by atoms with Crippen molar-refractivity contribution in [1.82, 2.24) is 5.32 Å². The van der Waals surface area contributed by atoms with Gasteiger partial charge in [0.1, 0.15) is 6.61 Å². The van der Waals surface area contributed by atoms with E-state index in [2.05, 4.69) is 10.6 Å². The second-order valence-corrected chi connectivity index (χ2v) is 3.81. The molecule has 1 rings (SSSR count). The molecule has 2 N–H and O–H groups in total. The summed E-state index contributed by atoms with van der Waals surface area (Å²) in [5.74, 6) is 0. The minimum atomic E-state index is -0.520. The van der Waals surface area contributed by atoms with Crippen LogP contribution in [0.2, 0.25) is 10.0 Å². The highest BCUT2D eigenvalue weighted by Crippen LogP contribution is 2.24. The number of hydrogen-bond donors (Lipinski definition) is 2. The van der Waals surface area contributed by atoms with E-state index in [1.165, 1.54) is 0 Å². The fourth-order valence-corrected chi connectivity index (χ4v) is 1.27. The van der Waals surface area contributed by atoms with Crippen LogP contribution in [0.3, 0.4) is 0 Å². The molecule has 6 heteroatoms. The number of carbonyl (C=O) groups excluding carboxylic acids is 1. The van der Waals surface area contributed by atoms with Crippen molar-refractivity contribution in [3.63, 3.8) is 0 Å². The second kappa shape index (κ2) is 6.58. The van der Waals surface area contributed by atoms with E-state index >= 15 is 0 Å². The summed E-state index contributed by atoms with van der Waals surface area (Å²) in [6.45, 7) is 0.915. The molecule has 0 unspecified atom stereocenters. The number of carbonyl (C=O) groups is 1. The molecule has 0 radical (unpaired) electrons. The zero-order valence-electron chi connectivity index (χ0n) is 8.72. The number of amides is 1. The van der Waals surface area contributed by atoms with Gasteiger partial charge in [0.25, 0.3) is 0 Å². The van der Waals surface area contributed by atoms with Crippen molar-refractivity contribution in [2.75, 3.05) is 25.5 Å². The maximum absolute atomic E-state index is 11.2. The van der Waals surface area contributed by atoms with Crippen molar-refractivity contribution in [3.05, 3.63) is 28.2 Å². The number of halogens is 2. The van der Waals surface area contributed by atoms with Gasteiger partial charge >= 0.3 is 6.09 Å². The Bertz CT molecular complexity index is 372. The van der Waals surface area contributed by atoms with Crippen molar-refractivity contribution in [1.29, 1.82) is 0 Å². The lowest BCUT2D eigenvalue weighted by Gasteiger charge is -2.07. The minimum Gasteiger partial charge on any atom is -0.448 e. The average molecular weight is 263 g/mol. The van der Waals surface area contributed by atoms with Crippen LogP contribution in [-0.4, -0.2) is 26.3 Å². The molecule has 0 bridgehead atoms. The highest BCUT2D eigenvalue weighted by molar-refractivity contribution is 6.42. The van der Waals surface area contributed by atoms with Crippen LogP contribution in [0.15, 0.2) is 18.2 Å². The monoisotopic (exact) mass is 262 g/mol. The number of nitrogens with one attached hydrogen (secondary N) is 2. The molecule has 0 heterocycles. The van der Waals surface area contributed by atoms with Crippen LogP contribution < -0.4 is 10.6 Å². The second-order valence-electron chi connectivity index (χ2n) is 2.99. The summed E-state index contributed by atoms with van der Waals surface area (Å²) < 4.78 is 4.87. The Labute approximate surface area is 104 Å². The number of rotatable bonds is 4. The van der Waals surface area contributed by atoms with Gasteiger partial charge in [-0.05, 0) is 25.2 Å². The first-order valence-electron chi connectivity index (χ1n) is 4.67. The van der Waals surface area contributed by atoms with Crippen LogP contribution >= 0.6 is 23.2 Å². The third-order valence-corrected chi connectivity index (χ3v) is 2.49. The standard InChI is InChI=1S/C10H12Cl2N2O2/c1-13-4-5-16-10(15)14-7-2-3-8(11)9(12)6-7/h2-3,6,13H,4-5H2,1H3,(H,14,15). The molecule has 0 saturated heterocycles. The lowest BCUT2D eigenvalue weighted by molar-refractivity contribution is 0.163. The number of benzene rings is 1. The normalized spacial score (nSPS) is 9.94. The van der Waals surface area contributed by atoms with Gasteiger partial charge in [-0.3, -0.25) is 5.32 Å². The molecule has 0 aliphatic rings. The first-order chi connectivity index (χ1) is 7.63. The van der Waals surface area contributed by atoms with Crippen LogP contribution in [0.1, 0.15) is 0 Å². The molecule has 0 fully saturated rings. The maximum Gasteiger partial charge on any atom is 0.411 e. The third-order valence-electron chi connectivity index (χ3n) is 1.75. The molecule has 0 aliphatic carbocycles. The molecule has 0 aliphatic heterocycles. The van der Waals surface area contributed by atoms with Gasteiger partial charge in [-0.25, -0.2) is 4.79 Å². The fraction of sp³-hybridized carbons (Fsp3) is 0.300. The highest BCUT2D eigenvalue weighted by Gasteiger charge is 2.04. The van der Waals surface area contributed by atoms with Gasteiger partial charge in [0.2, 0.25) is 0 Å². The largest absolute Gasteiger partial charge is 0.448 e. The fourth-order valence-electron chi connectivity index (χ4n) is 0.974. The highest BCUT2D eigenvalue weighted by atomic mass is 35.5. The quantitative estimate of drug-likeness (QED) is 0.821. The van der Waals surface area contributed by atoms with E-state index < -0.39 is 6.09 Å². The van der Waals surface area contributed by atoms with Crippen molar-refractivity contribution < 1.29 is 9.53 Å². The van der Waals surface area contributed by atoms with Gasteiger partial charge in [0, 0.05) is 12.2 Å². The minimum absolute atomic E-state index is 0.309. The van der Waals surface area contributed by atoms with Gasteiger partial charge in [-0.2, -0.15) is 0 Å². The summed E-state index contributed by atoms with van der Waals surface area (Å²) in [6.07, 6.45) is -0.520. The molecule has 1 aromatic carbocycles. The first-order valence-corrected chi connectivity index (χ1v) is 5.42. The SMILES string of the molecule is CNCCOC(=O)Nc1ccc(Cl)c(Cl)c1. The van der Waals surface area contributed by atoms with E-state index in [4.69, 9.17) is 27.9 Å². The van der Waals surface area contributed by atoms with Gasteiger partial charge in [-0.15, -0.1) is 0 Å². The molecular formula is C10H12Cl2N2O2. The van der Waals surface area contributed by atoms with Crippen LogP contribution in [0.4, 0.5) is 10.5 Å². The van der Waals surface area contributed by atoms with E-state index in [0.29, 0.717) is 28.9 Å². The molecule has 88 valence electrons. The molecule has 0 saturated carbocycles. The summed E-state index contributed by atoms with van der Waals surface area (Å²) in [5.41, 5.74) is 0.545. The van der Waals surface area contributed by atoms with Crippen LogP contribution in [0.5, 0.6) is 0 Å². The lowest BCUT2D eigenvalue weighted by Crippen LogP contribution is -2.20. The van der Waals surface area contributed by atoms with Gasteiger partial charge in [-0.1, -0.05) is 23.2 Å². The van der Waals surface area contributed by atoms with Crippen molar-refractivity contribution in [2.24, 2.45) is 0 Å². The zero-order chi connectivity index (χ0) is 12.0. The smallest absolute Gasteiger partial charge is 0.411 e. The molecule has 16 heavy (non-hydrogen) atoms. The predicted molar refractivity (Wildman–Crippen MR) is 65.4 cm³/mol. The summed E-state index contributed by atoms with van der Waals surface area (Å²) in [5, 5.41) is 6.22. The first kappa shape index (κ1) is 13.1. The number of anilines is 1. The van der Waals surface area contributed by atoms with Crippen LogP contribution in [-0.2, 0) is 4.74 Å². The molecule has 0 atom stereocenters. The Hall–Kier alpha value is -0.970. The Morgan fingerprint density at radius 3 is 2.75 bits per heavy atom. The Morgan fingerprint density at radius 1 is 1.38 bits per heavy atom. The lowest BCUT2D eigenvalue weighted by atomic mass is 10.3. The Balaban J connectivity index is 2.46. The van der Waals surface area contributed by atoms with Crippen molar-refractivity contribution in [3.8, 4) is 0 Å². The zero-order valence-corrected chi connectivity index (χ0v) is 10.2. The maximum atomic E-state index is 11.2. The number of likely N-dealkylation sites (N-methyl/N-ethyl adjacent to an activating group) is 1. The number of ether oxygens (including phenoxy) is 1. The van der Waals surface area contributed by atoms with Gasteiger partial charge in [0.15, 0.2) is 0 Å². The third kappa shape index (κ3) is 4.26. The predicted octanol–water partition coefficient (Wildman–Crippen LogP) is 2.76. The average Bonchev–Trinajstić information content (AvgIpc) is 2.24. The molecule has 0 aromatic heterocycles. The Morgan fingerprint density at radius 2 is 2.12 bits per heavy atom. The summed E-state index contributed by atoms with van der Waals surface area (Å²) in [6, 6.07) is 4.81. The summed E-state index contributed by atoms with van der Waals surface area (Å²) >= 11 is 11.5. The van der Waals surface area contributed by atoms with Crippen molar-refractivity contribution >= 4 is 35.0 Å². The van der Waals surface area contributed by atoms with Crippen molar-refractivity contribution in [2.45, 2.75) is 0 Å². The molecule has 1 amide bonds. The Kier molecular flexibility index (Phi) is 5.38. The van der Waals surface area contributed by atoms with Gasteiger partial charge < -0.3 is 10.1 Å². The van der Waals surface area contributed by atoms with E-state index in [0.717, 1.165) is 0 Å². The van der Waals surface area contributed by atoms with Crippen LogP contribution in [0.25, 0.3) is 0 Å². The van der Waals surface area contributed by atoms with E-state index in [-0.39, 0.29) is 0 Å².